The quantitative estimate of drug-likeness (QED) is 0.750. The Morgan fingerprint density at radius 1 is 1.12 bits per heavy atom. The summed E-state index contributed by atoms with van der Waals surface area (Å²) in [7, 11) is 0. The van der Waals surface area contributed by atoms with Crippen molar-refractivity contribution in [2.24, 2.45) is 0 Å². The highest BCUT2D eigenvalue weighted by Crippen LogP contribution is 2.20. The second-order valence-corrected chi connectivity index (χ2v) is 5.89. The van der Waals surface area contributed by atoms with Crippen molar-refractivity contribution in [3.05, 3.63) is 83.4 Å². The van der Waals surface area contributed by atoms with Crippen LogP contribution in [-0.4, -0.2) is 20.7 Å². The summed E-state index contributed by atoms with van der Waals surface area (Å²) in [6, 6.07) is 17.5. The highest BCUT2D eigenvalue weighted by molar-refractivity contribution is 6.30. The van der Waals surface area contributed by atoms with Gasteiger partial charge in [0.15, 0.2) is 0 Å². The second kappa shape index (κ2) is 7.75. The number of amides is 1. The van der Waals surface area contributed by atoms with Crippen LogP contribution in [0.5, 0.6) is 0 Å². The van der Waals surface area contributed by atoms with Crippen molar-refractivity contribution in [3.63, 3.8) is 0 Å². The van der Waals surface area contributed by atoms with Crippen molar-refractivity contribution < 1.29 is 4.79 Å². The van der Waals surface area contributed by atoms with Gasteiger partial charge in [-0.2, -0.15) is 5.10 Å². The van der Waals surface area contributed by atoms with Crippen LogP contribution in [0.15, 0.2) is 67.3 Å². The molecule has 5 nitrogen and oxygen atoms in total. The number of carbonyl (C=O) groups is 1. The summed E-state index contributed by atoms with van der Waals surface area (Å²) >= 11 is 5.94. The number of carbonyl (C=O) groups excluding carboxylic acids is 1. The molecule has 0 saturated carbocycles. The molecule has 0 aliphatic heterocycles. The normalized spacial score (nSPS) is 11.9. The van der Waals surface area contributed by atoms with E-state index in [0.717, 1.165) is 11.1 Å². The number of aromatic nitrogens is 3. The molecule has 3 rings (SSSR count). The standard InChI is InChI=1S/C18H17ClN4O/c19-16-8-6-14(7-9-16)10-17(15-4-2-1-3-5-15)22-18(24)11-23-13-20-12-21-23/h1-9,12-13,17H,10-11H2,(H,22,24)/t17-/m0/s1. The van der Waals surface area contributed by atoms with E-state index < -0.39 is 0 Å². The smallest absolute Gasteiger partial charge is 0.242 e. The summed E-state index contributed by atoms with van der Waals surface area (Å²) in [6.45, 7) is 0.143. The first-order valence-corrected chi connectivity index (χ1v) is 7.99. The molecule has 0 fully saturated rings. The van der Waals surface area contributed by atoms with Crippen molar-refractivity contribution in [3.8, 4) is 0 Å². The number of halogens is 1. The predicted octanol–water partition coefficient (Wildman–Crippen LogP) is 3.03. The van der Waals surface area contributed by atoms with Crippen molar-refractivity contribution in [1.82, 2.24) is 20.1 Å². The first-order chi connectivity index (χ1) is 11.7. The van der Waals surface area contributed by atoms with Crippen LogP contribution in [0.3, 0.4) is 0 Å². The summed E-state index contributed by atoms with van der Waals surface area (Å²) in [4.78, 5) is 16.2. The molecular formula is C18H17ClN4O. The average molecular weight is 341 g/mol. The Bertz CT molecular complexity index is 773. The molecule has 0 radical (unpaired) electrons. The maximum absolute atomic E-state index is 12.3. The van der Waals surface area contributed by atoms with Crippen LogP contribution in [-0.2, 0) is 17.8 Å². The highest BCUT2D eigenvalue weighted by atomic mass is 35.5. The number of nitrogens with zero attached hydrogens (tertiary/aromatic N) is 3. The molecule has 0 unspecified atom stereocenters. The Labute approximate surface area is 145 Å². The zero-order valence-corrected chi connectivity index (χ0v) is 13.7. The Hall–Kier alpha value is -2.66. The first-order valence-electron chi connectivity index (χ1n) is 7.62. The van der Waals surface area contributed by atoms with Crippen molar-refractivity contribution in [2.75, 3.05) is 0 Å². The van der Waals surface area contributed by atoms with E-state index in [1.807, 2.05) is 54.6 Å². The van der Waals surface area contributed by atoms with E-state index >= 15 is 0 Å². The number of rotatable bonds is 6. The lowest BCUT2D eigenvalue weighted by Gasteiger charge is -2.19. The molecule has 1 aromatic heterocycles. The van der Waals surface area contributed by atoms with Crippen LogP contribution in [0.2, 0.25) is 5.02 Å². The minimum absolute atomic E-state index is 0.108. The summed E-state index contributed by atoms with van der Waals surface area (Å²) in [6.07, 6.45) is 3.62. The topological polar surface area (TPSA) is 59.8 Å². The second-order valence-electron chi connectivity index (χ2n) is 5.45. The van der Waals surface area contributed by atoms with Gasteiger partial charge in [-0.15, -0.1) is 0 Å². The van der Waals surface area contributed by atoms with Crippen molar-refractivity contribution >= 4 is 17.5 Å². The van der Waals surface area contributed by atoms with Gasteiger partial charge in [-0.3, -0.25) is 4.79 Å². The summed E-state index contributed by atoms with van der Waals surface area (Å²) < 4.78 is 1.50. The zero-order chi connectivity index (χ0) is 16.8. The van der Waals surface area contributed by atoms with Gasteiger partial charge in [-0.05, 0) is 29.7 Å². The van der Waals surface area contributed by atoms with Crippen LogP contribution in [0.1, 0.15) is 17.2 Å². The Morgan fingerprint density at radius 3 is 2.54 bits per heavy atom. The van der Waals surface area contributed by atoms with Crippen LogP contribution in [0, 0.1) is 0 Å². The summed E-state index contributed by atoms with van der Waals surface area (Å²) in [5.41, 5.74) is 2.16. The molecule has 24 heavy (non-hydrogen) atoms. The predicted molar refractivity (Wildman–Crippen MR) is 92.5 cm³/mol. The van der Waals surface area contributed by atoms with E-state index in [-0.39, 0.29) is 18.5 Å². The molecule has 2 aromatic carbocycles. The molecule has 122 valence electrons. The highest BCUT2D eigenvalue weighted by Gasteiger charge is 2.15. The molecular weight excluding hydrogens is 324 g/mol. The largest absolute Gasteiger partial charge is 0.347 e. The fourth-order valence-electron chi connectivity index (χ4n) is 2.50. The lowest BCUT2D eigenvalue weighted by molar-refractivity contribution is -0.122. The van der Waals surface area contributed by atoms with E-state index in [9.17, 15) is 4.79 Å². The first kappa shape index (κ1) is 16.2. The van der Waals surface area contributed by atoms with E-state index in [1.54, 1.807) is 0 Å². The van der Waals surface area contributed by atoms with Crippen molar-refractivity contribution in [1.29, 1.82) is 0 Å². The van der Waals surface area contributed by atoms with Gasteiger partial charge in [0.1, 0.15) is 19.2 Å². The zero-order valence-electron chi connectivity index (χ0n) is 13.0. The molecule has 1 heterocycles. The fraction of sp³-hybridized carbons (Fsp3) is 0.167. The van der Waals surface area contributed by atoms with Gasteiger partial charge in [0.2, 0.25) is 5.91 Å². The van der Waals surface area contributed by atoms with Crippen LogP contribution in [0.25, 0.3) is 0 Å². The van der Waals surface area contributed by atoms with Gasteiger partial charge in [0, 0.05) is 5.02 Å². The molecule has 0 aliphatic rings. The van der Waals surface area contributed by atoms with Gasteiger partial charge >= 0.3 is 0 Å². The van der Waals surface area contributed by atoms with E-state index in [1.165, 1.54) is 17.3 Å². The monoisotopic (exact) mass is 340 g/mol. The average Bonchev–Trinajstić information content (AvgIpc) is 3.10. The molecule has 0 aliphatic carbocycles. The third-order valence-electron chi connectivity index (χ3n) is 3.66. The number of nitrogens with one attached hydrogen (secondary N) is 1. The lowest BCUT2D eigenvalue weighted by Crippen LogP contribution is -2.32. The van der Waals surface area contributed by atoms with Crippen LogP contribution >= 0.6 is 11.6 Å². The fourth-order valence-corrected chi connectivity index (χ4v) is 2.62. The number of hydrogen-bond donors (Lipinski definition) is 1. The Morgan fingerprint density at radius 2 is 1.88 bits per heavy atom. The molecule has 1 atom stereocenters. The molecule has 0 saturated heterocycles. The SMILES string of the molecule is O=C(Cn1cncn1)N[C@@H](Cc1ccc(Cl)cc1)c1ccccc1. The lowest BCUT2D eigenvalue weighted by atomic mass is 9.99. The van der Waals surface area contributed by atoms with Crippen LogP contribution < -0.4 is 5.32 Å². The molecule has 3 aromatic rings. The third kappa shape index (κ3) is 4.43. The Balaban J connectivity index is 1.74. The minimum atomic E-state index is -0.122. The summed E-state index contributed by atoms with van der Waals surface area (Å²) in [5.74, 6) is -0.108. The van der Waals surface area contributed by atoms with Crippen LogP contribution in [0.4, 0.5) is 0 Å². The van der Waals surface area contributed by atoms with Gasteiger partial charge in [0.05, 0.1) is 6.04 Å². The Kier molecular flexibility index (Phi) is 5.23. The molecule has 1 amide bonds. The van der Waals surface area contributed by atoms with E-state index in [2.05, 4.69) is 15.4 Å². The van der Waals surface area contributed by atoms with Gasteiger partial charge in [-0.25, -0.2) is 9.67 Å². The van der Waals surface area contributed by atoms with E-state index in [4.69, 9.17) is 11.6 Å². The molecule has 6 heteroatoms. The molecule has 0 bridgehead atoms. The van der Waals surface area contributed by atoms with Gasteiger partial charge < -0.3 is 5.32 Å². The van der Waals surface area contributed by atoms with Gasteiger partial charge in [-0.1, -0.05) is 54.1 Å². The number of benzene rings is 2. The maximum Gasteiger partial charge on any atom is 0.242 e. The summed E-state index contributed by atoms with van der Waals surface area (Å²) in [5, 5.41) is 7.73. The number of hydrogen-bond acceptors (Lipinski definition) is 3. The van der Waals surface area contributed by atoms with Crippen molar-refractivity contribution in [2.45, 2.75) is 19.0 Å². The molecule has 0 spiro atoms. The molecule has 1 N–H and O–H groups in total. The third-order valence-corrected chi connectivity index (χ3v) is 3.91. The van der Waals surface area contributed by atoms with E-state index in [0.29, 0.717) is 11.4 Å². The van der Waals surface area contributed by atoms with Gasteiger partial charge in [0.25, 0.3) is 0 Å². The maximum atomic E-state index is 12.3. The minimum Gasteiger partial charge on any atom is -0.347 e.